The number of rotatable bonds is 4. The van der Waals surface area contributed by atoms with Gasteiger partial charge in [0, 0.05) is 6.04 Å². The lowest BCUT2D eigenvalue weighted by Gasteiger charge is -2.12. The molecule has 0 unspecified atom stereocenters. The highest BCUT2D eigenvalue weighted by Gasteiger charge is 2.23. The maximum Gasteiger partial charge on any atom is 0.488 e. The second kappa shape index (κ2) is 5.40. The molecular weight excluding hydrogens is 253 g/mol. The van der Waals surface area contributed by atoms with Gasteiger partial charge in [-0.15, -0.1) is 0 Å². The van der Waals surface area contributed by atoms with Gasteiger partial charge in [0.05, 0.1) is 4.90 Å². The van der Waals surface area contributed by atoms with E-state index in [9.17, 15) is 8.42 Å². The fourth-order valence-electron chi connectivity index (χ4n) is 2.15. The van der Waals surface area contributed by atoms with Crippen LogP contribution in [0.4, 0.5) is 0 Å². The van der Waals surface area contributed by atoms with E-state index in [0.29, 0.717) is 0 Å². The third-order valence-corrected chi connectivity index (χ3v) is 4.70. The Morgan fingerprint density at radius 1 is 1.11 bits per heavy atom. The summed E-state index contributed by atoms with van der Waals surface area (Å²) in [6.45, 7) is 0. The van der Waals surface area contributed by atoms with Gasteiger partial charge in [0.25, 0.3) is 0 Å². The molecule has 0 saturated heterocycles. The van der Waals surface area contributed by atoms with Crippen LogP contribution >= 0.6 is 0 Å². The summed E-state index contributed by atoms with van der Waals surface area (Å²) in [6, 6.07) is 5.58. The normalized spacial score (nSPS) is 17.0. The van der Waals surface area contributed by atoms with Gasteiger partial charge in [-0.3, -0.25) is 0 Å². The second-order valence-electron chi connectivity index (χ2n) is 4.55. The zero-order chi connectivity index (χ0) is 13.2. The summed E-state index contributed by atoms with van der Waals surface area (Å²) in [7, 11) is -5.08. The summed E-state index contributed by atoms with van der Waals surface area (Å²) in [5.41, 5.74) is 0.273. The van der Waals surface area contributed by atoms with Crippen molar-refractivity contribution in [1.29, 1.82) is 0 Å². The molecule has 0 heterocycles. The summed E-state index contributed by atoms with van der Waals surface area (Å²) in [5, 5.41) is 17.9. The lowest BCUT2D eigenvalue weighted by atomic mass is 9.81. The average molecular weight is 269 g/mol. The molecule has 1 aromatic carbocycles. The zero-order valence-corrected chi connectivity index (χ0v) is 10.7. The third-order valence-electron chi connectivity index (χ3n) is 3.17. The number of nitrogens with one attached hydrogen (secondary N) is 1. The van der Waals surface area contributed by atoms with Crippen LogP contribution in [0.2, 0.25) is 0 Å². The standard InChI is InChI=1S/C11H16BNO4S/c14-12(15)9-5-7-11(8-6-9)18(16,17)13-10-3-1-2-4-10/h5-8,10,13-15H,1-4H2. The Morgan fingerprint density at radius 2 is 1.67 bits per heavy atom. The van der Waals surface area contributed by atoms with E-state index in [0.717, 1.165) is 25.7 Å². The van der Waals surface area contributed by atoms with E-state index in [1.807, 2.05) is 0 Å². The van der Waals surface area contributed by atoms with Crippen molar-refractivity contribution in [3.05, 3.63) is 24.3 Å². The Bertz CT molecular complexity index is 494. The minimum atomic E-state index is -3.50. The molecule has 98 valence electrons. The molecule has 0 radical (unpaired) electrons. The molecule has 1 aliphatic carbocycles. The van der Waals surface area contributed by atoms with E-state index in [2.05, 4.69) is 4.72 Å². The van der Waals surface area contributed by atoms with Crippen LogP contribution in [0.25, 0.3) is 0 Å². The van der Waals surface area contributed by atoms with Crippen LogP contribution in [-0.4, -0.2) is 31.6 Å². The summed E-state index contributed by atoms with van der Waals surface area (Å²) in [6.07, 6.45) is 3.88. The number of hydrogen-bond donors (Lipinski definition) is 3. The van der Waals surface area contributed by atoms with Crippen molar-refractivity contribution in [1.82, 2.24) is 4.72 Å². The van der Waals surface area contributed by atoms with E-state index in [1.54, 1.807) is 0 Å². The molecule has 1 saturated carbocycles. The first-order valence-electron chi connectivity index (χ1n) is 5.97. The van der Waals surface area contributed by atoms with Gasteiger partial charge in [-0.05, 0) is 30.4 Å². The van der Waals surface area contributed by atoms with Gasteiger partial charge in [-0.1, -0.05) is 25.0 Å². The lowest BCUT2D eigenvalue weighted by Crippen LogP contribution is -2.33. The predicted molar refractivity (Wildman–Crippen MR) is 68.8 cm³/mol. The molecule has 18 heavy (non-hydrogen) atoms. The highest BCUT2D eigenvalue weighted by atomic mass is 32.2. The molecule has 0 spiro atoms. The minimum Gasteiger partial charge on any atom is -0.423 e. The Kier molecular flexibility index (Phi) is 4.06. The first kappa shape index (κ1) is 13.5. The Hall–Kier alpha value is -0.885. The van der Waals surface area contributed by atoms with Crippen molar-refractivity contribution in [2.45, 2.75) is 36.6 Å². The maximum absolute atomic E-state index is 12.0. The van der Waals surface area contributed by atoms with Gasteiger partial charge in [-0.2, -0.15) is 0 Å². The van der Waals surface area contributed by atoms with Crippen molar-refractivity contribution in [2.24, 2.45) is 0 Å². The molecule has 0 atom stereocenters. The fourth-order valence-corrected chi connectivity index (χ4v) is 3.46. The topological polar surface area (TPSA) is 86.6 Å². The van der Waals surface area contributed by atoms with Gasteiger partial charge in [-0.25, -0.2) is 13.1 Å². The van der Waals surface area contributed by atoms with Gasteiger partial charge >= 0.3 is 7.12 Å². The van der Waals surface area contributed by atoms with Crippen molar-refractivity contribution in [3.8, 4) is 0 Å². The summed E-state index contributed by atoms with van der Waals surface area (Å²) < 4.78 is 26.7. The van der Waals surface area contributed by atoms with E-state index in [4.69, 9.17) is 10.0 Å². The van der Waals surface area contributed by atoms with E-state index in [-0.39, 0.29) is 16.4 Å². The average Bonchev–Trinajstić information content (AvgIpc) is 2.81. The van der Waals surface area contributed by atoms with E-state index < -0.39 is 17.1 Å². The first-order chi connectivity index (χ1) is 8.49. The number of hydrogen-bond acceptors (Lipinski definition) is 4. The van der Waals surface area contributed by atoms with Crippen LogP contribution in [0.3, 0.4) is 0 Å². The molecule has 3 N–H and O–H groups in total. The van der Waals surface area contributed by atoms with E-state index in [1.165, 1.54) is 24.3 Å². The van der Waals surface area contributed by atoms with Crippen LogP contribution in [0.15, 0.2) is 29.2 Å². The summed E-state index contributed by atoms with van der Waals surface area (Å²) in [5.74, 6) is 0. The Labute approximate surface area is 107 Å². The van der Waals surface area contributed by atoms with Crippen LogP contribution < -0.4 is 10.2 Å². The van der Waals surface area contributed by atoms with Gasteiger partial charge in [0.1, 0.15) is 0 Å². The van der Waals surface area contributed by atoms with E-state index >= 15 is 0 Å². The number of sulfonamides is 1. The molecule has 0 aromatic heterocycles. The molecular formula is C11H16BNO4S. The van der Waals surface area contributed by atoms with Crippen molar-refractivity contribution in [3.63, 3.8) is 0 Å². The predicted octanol–water partition coefficient (Wildman–Crippen LogP) is -0.413. The van der Waals surface area contributed by atoms with Gasteiger partial charge in [0.15, 0.2) is 0 Å². The first-order valence-corrected chi connectivity index (χ1v) is 7.46. The highest BCUT2D eigenvalue weighted by molar-refractivity contribution is 7.89. The molecule has 0 amide bonds. The van der Waals surface area contributed by atoms with Crippen LogP contribution in [0, 0.1) is 0 Å². The second-order valence-corrected chi connectivity index (χ2v) is 6.26. The Balaban J connectivity index is 2.13. The molecule has 0 aliphatic heterocycles. The lowest BCUT2D eigenvalue weighted by molar-refractivity contribution is 0.425. The smallest absolute Gasteiger partial charge is 0.423 e. The molecule has 2 rings (SSSR count). The molecule has 7 heteroatoms. The summed E-state index contributed by atoms with van der Waals surface area (Å²) in [4.78, 5) is 0.152. The Morgan fingerprint density at radius 3 is 2.17 bits per heavy atom. The summed E-state index contributed by atoms with van der Waals surface area (Å²) >= 11 is 0. The molecule has 1 aromatic rings. The zero-order valence-electron chi connectivity index (χ0n) is 9.91. The largest absolute Gasteiger partial charge is 0.488 e. The molecule has 1 aliphatic rings. The monoisotopic (exact) mass is 269 g/mol. The molecule has 0 bridgehead atoms. The minimum absolute atomic E-state index is 0.0260. The molecule has 1 fully saturated rings. The van der Waals surface area contributed by atoms with Crippen LogP contribution in [0.1, 0.15) is 25.7 Å². The van der Waals surface area contributed by atoms with Crippen molar-refractivity contribution >= 4 is 22.6 Å². The fraction of sp³-hybridized carbons (Fsp3) is 0.455. The van der Waals surface area contributed by atoms with Gasteiger partial charge in [0.2, 0.25) is 10.0 Å². The van der Waals surface area contributed by atoms with Crippen molar-refractivity contribution < 1.29 is 18.5 Å². The quantitative estimate of drug-likeness (QED) is 0.648. The van der Waals surface area contributed by atoms with Crippen LogP contribution in [-0.2, 0) is 10.0 Å². The third kappa shape index (κ3) is 3.11. The van der Waals surface area contributed by atoms with Gasteiger partial charge < -0.3 is 10.0 Å². The maximum atomic E-state index is 12.0. The number of benzene rings is 1. The highest BCUT2D eigenvalue weighted by Crippen LogP contribution is 2.20. The molecule has 5 nitrogen and oxygen atoms in total. The van der Waals surface area contributed by atoms with Crippen molar-refractivity contribution in [2.75, 3.05) is 0 Å². The SMILES string of the molecule is O=S(=O)(NC1CCCC1)c1ccc(B(O)O)cc1. The van der Waals surface area contributed by atoms with Crippen LogP contribution in [0.5, 0.6) is 0 Å².